The minimum Gasteiger partial charge on any atom is -0.462 e. The quantitative estimate of drug-likeness (QED) is 0.864. The zero-order valence-corrected chi connectivity index (χ0v) is 11.4. The Morgan fingerprint density at radius 2 is 2.28 bits per heavy atom. The number of anilines is 1. The van der Waals surface area contributed by atoms with Gasteiger partial charge in [0.15, 0.2) is 0 Å². The van der Waals surface area contributed by atoms with Crippen LogP contribution in [-0.2, 0) is 11.8 Å². The maximum absolute atomic E-state index is 11.9. The van der Waals surface area contributed by atoms with Gasteiger partial charge in [-0.2, -0.15) is 5.10 Å². The first kappa shape index (κ1) is 12.6. The first-order valence-corrected chi connectivity index (χ1v) is 6.47. The van der Waals surface area contributed by atoms with E-state index in [9.17, 15) is 4.79 Å². The lowest BCUT2D eigenvalue weighted by Crippen LogP contribution is -2.07. The number of ether oxygens (including phenoxy) is 1. The third-order valence-corrected chi connectivity index (χ3v) is 3.41. The lowest BCUT2D eigenvalue weighted by molar-refractivity contribution is 0.0529. The summed E-state index contributed by atoms with van der Waals surface area (Å²) in [6.45, 7) is 4.01. The number of nitrogens with zero attached hydrogens (tertiary/aromatic N) is 2. The Bertz CT molecular complexity index is 586. The summed E-state index contributed by atoms with van der Waals surface area (Å²) in [6, 6.07) is 0. The van der Waals surface area contributed by atoms with Gasteiger partial charge >= 0.3 is 5.97 Å². The molecule has 18 heavy (non-hydrogen) atoms. The molecule has 0 aliphatic heterocycles. The van der Waals surface area contributed by atoms with Crippen LogP contribution in [0.2, 0.25) is 0 Å². The van der Waals surface area contributed by atoms with Crippen LogP contribution >= 0.6 is 11.3 Å². The van der Waals surface area contributed by atoms with E-state index in [1.807, 2.05) is 25.5 Å². The van der Waals surface area contributed by atoms with Crippen LogP contribution in [0.25, 0.3) is 11.1 Å². The van der Waals surface area contributed by atoms with Crippen molar-refractivity contribution >= 4 is 22.3 Å². The number of rotatable bonds is 3. The molecule has 0 fully saturated rings. The second kappa shape index (κ2) is 4.81. The summed E-state index contributed by atoms with van der Waals surface area (Å²) in [7, 11) is 1.84. The molecule has 0 saturated carbocycles. The standard InChI is InChI=1S/C12H15N3O2S/c1-4-17-12(16)10-9(6-18-11(10)13)8-5-15(3)14-7(8)2/h5-6H,4,13H2,1-3H3. The van der Waals surface area contributed by atoms with Gasteiger partial charge in [0.05, 0.1) is 12.3 Å². The highest BCUT2D eigenvalue weighted by molar-refractivity contribution is 7.14. The highest BCUT2D eigenvalue weighted by atomic mass is 32.1. The molecule has 2 rings (SSSR count). The lowest BCUT2D eigenvalue weighted by atomic mass is 10.1. The van der Waals surface area contributed by atoms with Crippen LogP contribution in [0.5, 0.6) is 0 Å². The molecule has 2 aromatic rings. The number of nitrogen functional groups attached to an aromatic ring is 1. The van der Waals surface area contributed by atoms with Gasteiger partial charge < -0.3 is 10.5 Å². The molecule has 0 amide bonds. The van der Waals surface area contributed by atoms with E-state index in [-0.39, 0.29) is 5.97 Å². The van der Waals surface area contributed by atoms with Crippen molar-refractivity contribution in [1.29, 1.82) is 0 Å². The zero-order valence-electron chi connectivity index (χ0n) is 10.6. The normalized spacial score (nSPS) is 10.6. The molecule has 0 radical (unpaired) electrons. The summed E-state index contributed by atoms with van der Waals surface area (Å²) in [5, 5.41) is 6.62. The van der Waals surface area contributed by atoms with Crippen LogP contribution in [0.1, 0.15) is 23.0 Å². The van der Waals surface area contributed by atoms with Gasteiger partial charge in [0, 0.05) is 29.8 Å². The molecule has 6 heteroatoms. The first-order chi connectivity index (χ1) is 8.54. The number of aromatic nitrogens is 2. The molecular weight excluding hydrogens is 250 g/mol. The molecule has 5 nitrogen and oxygen atoms in total. The van der Waals surface area contributed by atoms with Crippen LogP contribution in [-0.4, -0.2) is 22.4 Å². The van der Waals surface area contributed by atoms with Crippen LogP contribution in [0.15, 0.2) is 11.6 Å². The summed E-state index contributed by atoms with van der Waals surface area (Å²) in [6.07, 6.45) is 1.87. The van der Waals surface area contributed by atoms with Gasteiger partial charge in [-0.25, -0.2) is 4.79 Å². The van der Waals surface area contributed by atoms with Crippen molar-refractivity contribution in [2.45, 2.75) is 13.8 Å². The molecule has 2 heterocycles. The molecule has 0 bridgehead atoms. The van der Waals surface area contributed by atoms with E-state index in [0.29, 0.717) is 17.2 Å². The topological polar surface area (TPSA) is 70.1 Å². The van der Waals surface area contributed by atoms with E-state index in [1.54, 1.807) is 11.6 Å². The average Bonchev–Trinajstić information content (AvgIpc) is 2.82. The van der Waals surface area contributed by atoms with Gasteiger partial charge in [0.2, 0.25) is 0 Å². The molecule has 0 atom stereocenters. The molecule has 0 aromatic carbocycles. The van der Waals surface area contributed by atoms with Crippen molar-refractivity contribution in [2.24, 2.45) is 7.05 Å². The van der Waals surface area contributed by atoms with E-state index < -0.39 is 0 Å². The molecule has 0 spiro atoms. The highest BCUT2D eigenvalue weighted by Crippen LogP contribution is 2.35. The van der Waals surface area contributed by atoms with Gasteiger partial charge in [-0.1, -0.05) is 0 Å². The predicted molar refractivity (Wildman–Crippen MR) is 71.6 cm³/mol. The van der Waals surface area contributed by atoms with E-state index in [1.165, 1.54) is 11.3 Å². The van der Waals surface area contributed by atoms with E-state index in [4.69, 9.17) is 10.5 Å². The second-order valence-electron chi connectivity index (χ2n) is 3.91. The minimum absolute atomic E-state index is 0.333. The average molecular weight is 265 g/mol. The smallest absolute Gasteiger partial charge is 0.341 e. The number of carbonyl (C=O) groups excluding carboxylic acids is 1. The van der Waals surface area contributed by atoms with E-state index in [0.717, 1.165) is 16.8 Å². The number of hydrogen-bond acceptors (Lipinski definition) is 5. The fourth-order valence-electron chi connectivity index (χ4n) is 1.85. The van der Waals surface area contributed by atoms with Crippen molar-refractivity contribution in [3.05, 3.63) is 22.8 Å². The van der Waals surface area contributed by atoms with Crippen LogP contribution in [0.3, 0.4) is 0 Å². The molecule has 2 aromatic heterocycles. The second-order valence-corrected chi connectivity index (χ2v) is 4.82. The Labute approximate surface area is 109 Å². The van der Waals surface area contributed by atoms with E-state index >= 15 is 0 Å². The Hall–Kier alpha value is -1.82. The van der Waals surface area contributed by atoms with Gasteiger partial charge in [0.25, 0.3) is 0 Å². The maximum atomic E-state index is 11.9. The predicted octanol–water partition coefficient (Wildman–Crippen LogP) is 2.22. The largest absolute Gasteiger partial charge is 0.462 e. The van der Waals surface area contributed by atoms with Crippen molar-refractivity contribution in [3.63, 3.8) is 0 Å². The summed E-state index contributed by atoms with van der Waals surface area (Å²) in [5.41, 5.74) is 8.87. The monoisotopic (exact) mass is 265 g/mol. The fraction of sp³-hybridized carbons (Fsp3) is 0.333. The van der Waals surface area contributed by atoms with Crippen molar-refractivity contribution in [1.82, 2.24) is 9.78 Å². The summed E-state index contributed by atoms with van der Waals surface area (Å²) in [4.78, 5) is 11.9. The molecule has 0 aliphatic rings. The molecule has 96 valence electrons. The lowest BCUT2D eigenvalue weighted by Gasteiger charge is -2.04. The van der Waals surface area contributed by atoms with Crippen LogP contribution in [0.4, 0.5) is 5.00 Å². The fourth-order valence-corrected chi connectivity index (χ4v) is 2.65. The SMILES string of the molecule is CCOC(=O)c1c(-c2cn(C)nc2C)csc1N. The zero-order chi connectivity index (χ0) is 13.3. The number of nitrogens with two attached hydrogens (primary N) is 1. The van der Waals surface area contributed by atoms with E-state index in [2.05, 4.69) is 5.10 Å². The molecule has 0 aliphatic carbocycles. The molecule has 0 unspecified atom stereocenters. The molecular formula is C12H15N3O2S. The number of carbonyl (C=O) groups is 1. The number of hydrogen-bond donors (Lipinski definition) is 1. The van der Waals surface area contributed by atoms with Gasteiger partial charge in [0.1, 0.15) is 10.6 Å². The summed E-state index contributed by atoms with van der Waals surface area (Å²) < 4.78 is 6.75. The Morgan fingerprint density at radius 3 is 2.83 bits per heavy atom. The number of esters is 1. The third kappa shape index (κ3) is 2.11. The van der Waals surface area contributed by atoms with Crippen LogP contribution < -0.4 is 5.73 Å². The van der Waals surface area contributed by atoms with Crippen molar-refractivity contribution in [3.8, 4) is 11.1 Å². The third-order valence-electron chi connectivity index (χ3n) is 2.60. The van der Waals surface area contributed by atoms with Gasteiger partial charge in [-0.3, -0.25) is 4.68 Å². The number of thiophene rings is 1. The van der Waals surface area contributed by atoms with Crippen molar-refractivity contribution < 1.29 is 9.53 Å². The van der Waals surface area contributed by atoms with Crippen molar-refractivity contribution in [2.75, 3.05) is 12.3 Å². The Balaban J connectivity index is 2.52. The first-order valence-electron chi connectivity index (χ1n) is 5.59. The number of aryl methyl sites for hydroxylation is 2. The Kier molecular flexibility index (Phi) is 3.38. The molecule has 0 saturated heterocycles. The van der Waals surface area contributed by atoms with Crippen LogP contribution in [0, 0.1) is 6.92 Å². The summed E-state index contributed by atoms with van der Waals surface area (Å²) in [5.74, 6) is -0.380. The van der Waals surface area contributed by atoms with Gasteiger partial charge in [-0.15, -0.1) is 11.3 Å². The maximum Gasteiger partial charge on any atom is 0.341 e. The molecule has 2 N–H and O–H groups in total. The van der Waals surface area contributed by atoms with Gasteiger partial charge in [-0.05, 0) is 13.8 Å². The Morgan fingerprint density at radius 1 is 1.56 bits per heavy atom. The minimum atomic E-state index is -0.380. The highest BCUT2D eigenvalue weighted by Gasteiger charge is 2.21. The summed E-state index contributed by atoms with van der Waals surface area (Å²) >= 11 is 1.34.